The lowest BCUT2D eigenvalue weighted by atomic mass is 9.93. The first-order chi connectivity index (χ1) is 19.4. The molecule has 0 unspecified atom stereocenters. The standard InChI is InChI=1S/C31H41N7O2/c1-31(28-8-4-5-15-32-28)34-27-7-6-16-33-29(27)38(31)24-13-19-37(20-14-24)30(39)23-11-17-36(18-12-23)22-26-10-9-25(40-26)21-35(2)3/h4-10,15-16,23-24,34H,11-14,17-22H2,1-3H3/t31-/m1/s1. The van der Waals surface area contributed by atoms with Crippen LogP contribution in [0.4, 0.5) is 11.5 Å². The van der Waals surface area contributed by atoms with Gasteiger partial charge in [0.05, 0.1) is 24.5 Å². The Hall–Kier alpha value is -3.43. The maximum atomic E-state index is 13.5. The molecule has 3 aromatic rings. The van der Waals surface area contributed by atoms with E-state index < -0.39 is 5.66 Å². The number of carbonyl (C=O) groups excluding carboxylic acids is 1. The highest BCUT2D eigenvalue weighted by molar-refractivity contribution is 5.79. The van der Waals surface area contributed by atoms with Gasteiger partial charge in [-0.2, -0.15) is 0 Å². The van der Waals surface area contributed by atoms with Gasteiger partial charge in [0.1, 0.15) is 11.5 Å². The molecule has 1 amide bonds. The second-order valence-electron chi connectivity index (χ2n) is 11.9. The zero-order chi connectivity index (χ0) is 27.7. The van der Waals surface area contributed by atoms with Crippen molar-refractivity contribution in [2.24, 2.45) is 5.92 Å². The van der Waals surface area contributed by atoms with Gasteiger partial charge in [0.2, 0.25) is 5.91 Å². The Balaban J connectivity index is 1.05. The normalized spacial score (nSPS) is 22.5. The summed E-state index contributed by atoms with van der Waals surface area (Å²) in [5.74, 6) is 3.42. The number of likely N-dealkylation sites (tertiary alicyclic amines) is 2. The number of hydrogen-bond acceptors (Lipinski definition) is 8. The number of piperidine rings is 2. The van der Waals surface area contributed by atoms with E-state index in [0.29, 0.717) is 5.91 Å². The summed E-state index contributed by atoms with van der Waals surface area (Å²) in [7, 11) is 4.09. The van der Waals surface area contributed by atoms with Crippen LogP contribution in [-0.2, 0) is 23.5 Å². The fourth-order valence-electron chi connectivity index (χ4n) is 6.66. The van der Waals surface area contributed by atoms with Gasteiger partial charge in [0.25, 0.3) is 0 Å². The predicted molar refractivity (Wildman–Crippen MR) is 156 cm³/mol. The third-order valence-electron chi connectivity index (χ3n) is 8.69. The van der Waals surface area contributed by atoms with E-state index in [1.165, 1.54) is 0 Å². The summed E-state index contributed by atoms with van der Waals surface area (Å²) in [6.07, 6.45) is 7.36. The van der Waals surface area contributed by atoms with Crippen molar-refractivity contribution in [3.63, 3.8) is 0 Å². The van der Waals surface area contributed by atoms with Crippen molar-refractivity contribution >= 4 is 17.4 Å². The zero-order valence-corrected chi connectivity index (χ0v) is 23.9. The van der Waals surface area contributed by atoms with E-state index in [1.54, 1.807) is 0 Å². The minimum Gasteiger partial charge on any atom is -0.463 e. The number of amides is 1. The molecule has 3 aromatic heterocycles. The summed E-state index contributed by atoms with van der Waals surface area (Å²) in [5.41, 5.74) is 1.52. The van der Waals surface area contributed by atoms with Gasteiger partial charge in [-0.15, -0.1) is 0 Å². The zero-order valence-electron chi connectivity index (χ0n) is 23.9. The molecule has 2 fully saturated rings. The number of rotatable bonds is 7. The minimum atomic E-state index is -0.483. The van der Waals surface area contributed by atoms with Crippen LogP contribution in [0, 0.1) is 5.92 Å². The number of fused-ring (bicyclic) bond motifs is 1. The number of nitrogens with zero attached hydrogens (tertiary/aromatic N) is 6. The van der Waals surface area contributed by atoms with Crippen LogP contribution in [-0.4, -0.2) is 76.9 Å². The smallest absolute Gasteiger partial charge is 0.225 e. The van der Waals surface area contributed by atoms with Gasteiger partial charge in [-0.1, -0.05) is 6.07 Å². The summed E-state index contributed by atoms with van der Waals surface area (Å²) in [6, 6.07) is 14.5. The molecule has 0 saturated carbocycles. The molecule has 1 N–H and O–H groups in total. The van der Waals surface area contributed by atoms with E-state index in [9.17, 15) is 4.79 Å². The largest absolute Gasteiger partial charge is 0.463 e. The molecule has 0 bridgehead atoms. The Morgan fingerprint density at radius 1 is 0.975 bits per heavy atom. The number of aromatic nitrogens is 2. The van der Waals surface area contributed by atoms with Gasteiger partial charge >= 0.3 is 0 Å². The number of pyridine rings is 2. The van der Waals surface area contributed by atoms with Crippen LogP contribution in [0.15, 0.2) is 59.3 Å². The van der Waals surface area contributed by atoms with Crippen molar-refractivity contribution in [1.82, 2.24) is 24.7 Å². The van der Waals surface area contributed by atoms with Gasteiger partial charge in [-0.25, -0.2) is 4.98 Å². The molecular formula is C31H41N7O2. The minimum absolute atomic E-state index is 0.114. The molecule has 3 aliphatic heterocycles. The molecule has 2 saturated heterocycles. The van der Waals surface area contributed by atoms with Crippen molar-refractivity contribution < 1.29 is 9.21 Å². The van der Waals surface area contributed by atoms with E-state index in [2.05, 4.69) is 56.1 Å². The molecule has 40 heavy (non-hydrogen) atoms. The molecule has 3 aliphatic rings. The van der Waals surface area contributed by atoms with Crippen LogP contribution in [0.3, 0.4) is 0 Å². The first kappa shape index (κ1) is 26.8. The summed E-state index contributed by atoms with van der Waals surface area (Å²) in [4.78, 5) is 32.0. The van der Waals surface area contributed by atoms with Crippen LogP contribution < -0.4 is 10.2 Å². The van der Waals surface area contributed by atoms with Gasteiger partial charge in [-0.3, -0.25) is 14.7 Å². The van der Waals surface area contributed by atoms with Crippen LogP contribution in [0.1, 0.15) is 49.8 Å². The molecule has 9 heteroatoms. The highest BCUT2D eigenvalue weighted by atomic mass is 16.3. The van der Waals surface area contributed by atoms with Crippen molar-refractivity contribution in [3.05, 3.63) is 72.1 Å². The summed E-state index contributed by atoms with van der Waals surface area (Å²) >= 11 is 0. The maximum Gasteiger partial charge on any atom is 0.225 e. The monoisotopic (exact) mass is 543 g/mol. The Labute approximate surface area is 237 Å². The topological polar surface area (TPSA) is 81.0 Å². The van der Waals surface area contributed by atoms with Crippen molar-refractivity contribution in [2.75, 3.05) is 50.5 Å². The first-order valence-electron chi connectivity index (χ1n) is 14.6. The molecule has 0 aliphatic carbocycles. The van der Waals surface area contributed by atoms with Gasteiger partial charge in [-0.05, 0) is 96.2 Å². The third-order valence-corrected chi connectivity index (χ3v) is 8.69. The first-order valence-corrected chi connectivity index (χ1v) is 14.6. The van der Waals surface area contributed by atoms with Crippen LogP contribution in [0.25, 0.3) is 0 Å². The molecule has 0 aromatic carbocycles. The lowest BCUT2D eigenvalue weighted by Crippen LogP contribution is -2.56. The molecule has 1 atom stereocenters. The molecule has 6 heterocycles. The lowest BCUT2D eigenvalue weighted by molar-refractivity contribution is -0.138. The number of hydrogen-bond donors (Lipinski definition) is 1. The second kappa shape index (κ2) is 11.2. The number of carbonyl (C=O) groups is 1. The Bertz CT molecular complexity index is 1300. The second-order valence-corrected chi connectivity index (χ2v) is 11.9. The number of nitrogens with one attached hydrogen (secondary N) is 1. The van der Waals surface area contributed by atoms with E-state index in [1.807, 2.05) is 44.7 Å². The van der Waals surface area contributed by atoms with Crippen LogP contribution in [0.2, 0.25) is 0 Å². The number of anilines is 2. The fraction of sp³-hybridized carbons (Fsp3) is 0.516. The average molecular weight is 544 g/mol. The third kappa shape index (κ3) is 5.32. The van der Waals surface area contributed by atoms with E-state index in [-0.39, 0.29) is 12.0 Å². The van der Waals surface area contributed by atoms with E-state index in [4.69, 9.17) is 14.4 Å². The summed E-state index contributed by atoms with van der Waals surface area (Å²) in [5, 5.41) is 3.70. The molecule has 6 rings (SSSR count). The Morgan fingerprint density at radius 2 is 1.73 bits per heavy atom. The maximum absolute atomic E-state index is 13.5. The Kier molecular flexibility index (Phi) is 7.51. The van der Waals surface area contributed by atoms with Gasteiger partial charge in [0, 0.05) is 37.4 Å². The molecular weight excluding hydrogens is 502 g/mol. The van der Waals surface area contributed by atoms with Gasteiger partial charge in [0.15, 0.2) is 11.5 Å². The Morgan fingerprint density at radius 3 is 2.45 bits per heavy atom. The SMILES string of the molecule is CN(C)Cc1ccc(CN2CCC(C(=O)N3CCC(N4c5ncccc5N[C@@]4(C)c4ccccn4)CC3)CC2)o1. The van der Waals surface area contributed by atoms with Gasteiger partial charge < -0.3 is 24.4 Å². The predicted octanol–water partition coefficient (Wildman–Crippen LogP) is 4.14. The van der Waals surface area contributed by atoms with Crippen molar-refractivity contribution in [3.8, 4) is 0 Å². The summed E-state index contributed by atoms with van der Waals surface area (Å²) in [6.45, 7) is 7.24. The average Bonchev–Trinajstić information content (AvgIpc) is 3.54. The molecule has 212 valence electrons. The summed E-state index contributed by atoms with van der Waals surface area (Å²) < 4.78 is 6.01. The number of furan rings is 1. The molecule has 0 spiro atoms. The van der Waals surface area contributed by atoms with Crippen molar-refractivity contribution in [1.29, 1.82) is 0 Å². The lowest BCUT2D eigenvalue weighted by Gasteiger charge is -2.45. The molecule has 0 radical (unpaired) electrons. The quantitative estimate of drug-likeness (QED) is 0.476. The van der Waals surface area contributed by atoms with Crippen molar-refractivity contribution in [2.45, 2.75) is 57.4 Å². The highest BCUT2D eigenvalue weighted by Gasteiger charge is 2.47. The van der Waals surface area contributed by atoms with E-state index >= 15 is 0 Å². The highest BCUT2D eigenvalue weighted by Crippen LogP contribution is 2.45. The van der Waals surface area contributed by atoms with Crippen LogP contribution >= 0.6 is 0 Å². The fourth-order valence-corrected chi connectivity index (χ4v) is 6.66. The van der Waals surface area contributed by atoms with Crippen LogP contribution in [0.5, 0.6) is 0 Å². The van der Waals surface area contributed by atoms with E-state index in [0.717, 1.165) is 93.7 Å². The molecule has 9 nitrogen and oxygen atoms in total.